The van der Waals surface area contributed by atoms with E-state index in [1.165, 1.54) is 18.3 Å². The van der Waals surface area contributed by atoms with Crippen LogP contribution in [0.25, 0.3) is 0 Å². The van der Waals surface area contributed by atoms with Crippen molar-refractivity contribution in [2.45, 2.75) is 0 Å². The van der Waals surface area contributed by atoms with E-state index in [0.29, 0.717) is 17.1 Å². The highest BCUT2D eigenvalue weighted by Gasteiger charge is 2.10. The summed E-state index contributed by atoms with van der Waals surface area (Å²) in [5, 5.41) is 5.59. The maximum absolute atomic E-state index is 13.2. The lowest BCUT2D eigenvalue weighted by Gasteiger charge is -2.09. The number of anilines is 3. The van der Waals surface area contributed by atoms with E-state index >= 15 is 0 Å². The highest BCUT2D eigenvalue weighted by atomic mass is 19.2. The molecule has 1 aromatic heterocycles. The third-order valence-electron chi connectivity index (χ3n) is 3.54. The summed E-state index contributed by atoms with van der Waals surface area (Å²) < 4.78 is 31.4. The van der Waals surface area contributed by atoms with Gasteiger partial charge in [0.05, 0.1) is 7.11 Å². The summed E-state index contributed by atoms with van der Waals surface area (Å²) in [7, 11) is 1.57. The van der Waals surface area contributed by atoms with Gasteiger partial charge in [-0.1, -0.05) is 6.07 Å². The summed E-state index contributed by atoms with van der Waals surface area (Å²) in [5.41, 5.74) is 1.22. The number of rotatable bonds is 5. The van der Waals surface area contributed by atoms with Crippen LogP contribution in [-0.2, 0) is 0 Å². The highest BCUT2D eigenvalue weighted by molar-refractivity contribution is 6.04. The van der Waals surface area contributed by atoms with Crippen LogP contribution < -0.4 is 15.4 Å². The smallest absolute Gasteiger partial charge is 0.255 e. The molecule has 0 aliphatic carbocycles. The summed E-state index contributed by atoms with van der Waals surface area (Å²) in [4.78, 5) is 16.5. The Morgan fingerprint density at radius 2 is 1.85 bits per heavy atom. The quantitative estimate of drug-likeness (QED) is 0.714. The monoisotopic (exact) mass is 355 g/mol. The molecule has 0 aliphatic rings. The number of benzene rings is 2. The Labute approximate surface area is 148 Å². The molecule has 0 fully saturated rings. The van der Waals surface area contributed by atoms with Crippen molar-refractivity contribution >= 4 is 23.1 Å². The Morgan fingerprint density at radius 1 is 1.00 bits per heavy atom. The molecule has 0 spiro atoms. The standard InChI is InChI=1S/C19H15F2N3O2/c1-26-15-4-2-3-13(10-15)23-18-9-12(7-8-22-18)19(25)24-14-5-6-16(20)17(21)11-14/h2-11H,1H3,(H,22,23)(H,24,25). The Morgan fingerprint density at radius 3 is 2.62 bits per heavy atom. The minimum Gasteiger partial charge on any atom is -0.497 e. The van der Waals surface area contributed by atoms with Gasteiger partial charge in [0.2, 0.25) is 0 Å². The Kier molecular flexibility index (Phi) is 5.07. The van der Waals surface area contributed by atoms with Crippen LogP contribution in [0.1, 0.15) is 10.4 Å². The molecule has 26 heavy (non-hydrogen) atoms. The average molecular weight is 355 g/mol. The van der Waals surface area contributed by atoms with E-state index in [4.69, 9.17) is 4.74 Å². The summed E-state index contributed by atoms with van der Waals surface area (Å²) in [6.07, 6.45) is 1.47. The van der Waals surface area contributed by atoms with Crippen LogP contribution in [0.4, 0.5) is 26.0 Å². The van der Waals surface area contributed by atoms with Gasteiger partial charge in [-0.05, 0) is 36.4 Å². The molecule has 2 N–H and O–H groups in total. The van der Waals surface area contributed by atoms with Crippen LogP contribution in [-0.4, -0.2) is 18.0 Å². The zero-order valence-electron chi connectivity index (χ0n) is 13.8. The van der Waals surface area contributed by atoms with Crippen LogP contribution in [0.3, 0.4) is 0 Å². The molecule has 0 radical (unpaired) electrons. The molecule has 7 heteroatoms. The Hall–Kier alpha value is -3.48. The number of nitrogens with one attached hydrogen (secondary N) is 2. The second kappa shape index (κ2) is 7.60. The van der Waals surface area contributed by atoms with Crippen molar-refractivity contribution in [3.8, 4) is 5.75 Å². The van der Waals surface area contributed by atoms with E-state index in [-0.39, 0.29) is 5.69 Å². The molecule has 2 aromatic carbocycles. The number of carbonyl (C=O) groups excluding carboxylic acids is 1. The first kappa shape index (κ1) is 17.3. The fourth-order valence-corrected chi connectivity index (χ4v) is 2.27. The number of hydrogen-bond acceptors (Lipinski definition) is 4. The summed E-state index contributed by atoms with van der Waals surface area (Å²) in [5.74, 6) is -1.33. The second-order valence-electron chi connectivity index (χ2n) is 5.37. The molecule has 0 unspecified atom stereocenters. The molecule has 3 aromatic rings. The van der Waals surface area contributed by atoms with Crippen LogP contribution >= 0.6 is 0 Å². The number of hydrogen-bond donors (Lipinski definition) is 2. The summed E-state index contributed by atoms with van der Waals surface area (Å²) in [6, 6.07) is 13.5. The number of pyridine rings is 1. The molecular weight excluding hydrogens is 340 g/mol. The zero-order chi connectivity index (χ0) is 18.5. The van der Waals surface area contributed by atoms with E-state index in [1.54, 1.807) is 19.2 Å². The van der Waals surface area contributed by atoms with Crippen LogP contribution in [0.2, 0.25) is 0 Å². The number of methoxy groups -OCH3 is 1. The second-order valence-corrected chi connectivity index (χ2v) is 5.37. The van der Waals surface area contributed by atoms with Crippen molar-refractivity contribution in [2.24, 2.45) is 0 Å². The van der Waals surface area contributed by atoms with Gasteiger partial charge in [-0.15, -0.1) is 0 Å². The van der Waals surface area contributed by atoms with E-state index in [2.05, 4.69) is 15.6 Å². The number of halogens is 2. The van der Waals surface area contributed by atoms with Gasteiger partial charge in [0.1, 0.15) is 11.6 Å². The number of ether oxygens (including phenoxy) is 1. The van der Waals surface area contributed by atoms with E-state index < -0.39 is 17.5 Å². The molecule has 0 bridgehead atoms. The fraction of sp³-hybridized carbons (Fsp3) is 0.0526. The lowest BCUT2D eigenvalue weighted by atomic mass is 10.2. The van der Waals surface area contributed by atoms with Gasteiger partial charge >= 0.3 is 0 Å². The van der Waals surface area contributed by atoms with Crippen LogP contribution in [0.15, 0.2) is 60.8 Å². The molecule has 0 aliphatic heterocycles. The SMILES string of the molecule is COc1cccc(Nc2cc(C(=O)Nc3ccc(F)c(F)c3)ccn2)c1. The third kappa shape index (κ3) is 4.13. The minimum atomic E-state index is -1.03. The average Bonchev–Trinajstić information content (AvgIpc) is 2.65. The normalized spacial score (nSPS) is 10.3. The molecule has 0 atom stereocenters. The number of nitrogens with zero attached hydrogens (tertiary/aromatic N) is 1. The first-order chi connectivity index (χ1) is 12.5. The van der Waals surface area contributed by atoms with Gasteiger partial charge in [-0.3, -0.25) is 4.79 Å². The molecule has 1 heterocycles. The largest absolute Gasteiger partial charge is 0.497 e. The van der Waals surface area contributed by atoms with E-state index in [9.17, 15) is 13.6 Å². The Bertz CT molecular complexity index is 948. The van der Waals surface area contributed by atoms with Gasteiger partial charge in [-0.25, -0.2) is 13.8 Å². The van der Waals surface area contributed by atoms with Gasteiger partial charge in [-0.2, -0.15) is 0 Å². The van der Waals surface area contributed by atoms with Crippen LogP contribution in [0.5, 0.6) is 5.75 Å². The van der Waals surface area contributed by atoms with Gasteiger partial charge in [0.15, 0.2) is 11.6 Å². The highest BCUT2D eigenvalue weighted by Crippen LogP contribution is 2.21. The third-order valence-corrected chi connectivity index (χ3v) is 3.54. The molecular formula is C19H15F2N3O2. The van der Waals surface area contributed by atoms with Crippen molar-refractivity contribution in [3.63, 3.8) is 0 Å². The summed E-state index contributed by atoms with van der Waals surface area (Å²) in [6.45, 7) is 0. The molecule has 132 valence electrons. The number of carbonyl (C=O) groups is 1. The number of aromatic nitrogens is 1. The lowest BCUT2D eigenvalue weighted by molar-refractivity contribution is 0.102. The van der Waals surface area contributed by atoms with Gasteiger partial charge < -0.3 is 15.4 Å². The molecule has 0 saturated heterocycles. The lowest BCUT2D eigenvalue weighted by Crippen LogP contribution is -2.12. The maximum atomic E-state index is 13.2. The van der Waals surface area contributed by atoms with Gasteiger partial charge in [0.25, 0.3) is 5.91 Å². The molecule has 3 rings (SSSR count). The summed E-state index contributed by atoms with van der Waals surface area (Å²) >= 11 is 0. The van der Waals surface area contributed by atoms with Crippen molar-refractivity contribution in [3.05, 3.63) is 78.0 Å². The van der Waals surface area contributed by atoms with Crippen molar-refractivity contribution in [1.82, 2.24) is 4.98 Å². The Balaban J connectivity index is 1.75. The first-order valence-electron chi connectivity index (χ1n) is 7.69. The van der Waals surface area contributed by atoms with E-state index in [0.717, 1.165) is 17.8 Å². The first-order valence-corrected chi connectivity index (χ1v) is 7.69. The van der Waals surface area contributed by atoms with Crippen molar-refractivity contribution in [1.29, 1.82) is 0 Å². The maximum Gasteiger partial charge on any atom is 0.255 e. The van der Waals surface area contributed by atoms with Crippen LogP contribution in [0, 0.1) is 11.6 Å². The minimum absolute atomic E-state index is 0.160. The van der Waals surface area contributed by atoms with Gasteiger partial charge in [0, 0.05) is 35.3 Å². The number of amides is 1. The topological polar surface area (TPSA) is 63.2 Å². The fourth-order valence-electron chi connectivity index (χ4n) is 2.27. The van der Waals surface area contributed by atoms with E-state index in [1.807, 2.05) is 18.2 Å². The van der Waals surface area contributed by atoms with Crippen molar-refractivity contribution < 1.29 is 18.3 Å². The molecule has 5 nitrogen and oxygen atoms in total. The van der Waals surface area contributed by atoms with Crippen molar-refractivity contribution in [2.75, 3.05) is 17.7 Å². The molecule has 1 amide bonds. The zero-order valence-corrected chi connectivity index (χ0v) is 13.8. The molecule has 0 saturated carbocycles. The predicted molar refractivity (Wildman–Crippen MR) is 94.8 cm³/mol. The predicted octanol–water partition coefficient (Wildman–Crippen LogP) is 4.36.